The lowest BCUT2D eigenvalue weighted by Crippen LogP contribution is -2.41. The number of likely N-dealkylation sites (tertiary alicyclic amines) is 2. The molecule has 24 heavy (non-hydrogen) atoms. The van der Waals surface area contributed by atoms with Crippen molar-refractivity contribution in [3.63, 3.8) is 0 Å². The fraction of sp³-hybridized carbons (Fsp3) is 0.550. The standard InChI is InChI=1S/C20H28N4/c1-22-19(7-11-21-22)16-23-12-8-20(9-13-23)10-14-24(17-20)15-18-5-3-2-4-6-18/h2-7,11H,8-10,12-17H2,1H3. The van der Waals surface area contributed by atoms with Crippen LogP contribution in [0.1, 0.15) is 30.5 Å². The third-order valence-corrected chi connectivity index (χ3v) is 5.99. The van der Waals surface area contributed by atoms with E-state index in [2.05, 4.69) is 51.3 Å². The highest BCUT2D eigenvalue weighted by molar-refractivity contribution is 5.15. The maximum absolute atomic E-state index is 4.29. The van der Waals surface area contributed by atoms with Crippen LogP contribution >= 0.6 is 0 Å². The number of nitrogens with zero attached hydrogens (tertiary/aromatic N) is 4. The first-order valence-electron chi connectivity index (χ1n) is 9.18. The largest absolute Gasteiger partial charge is 0.299 e. The summed E-state index contributed by atoms with van der Waals surface area (Å²) in [4.78, 5) is 5.26. The summed E-state index contributed by atoms with van der Waals surface area (Å²) >= 11 is 0. The highest BCUT2D eigenvalue weighted by Crippen LogP contribution is 2.41. The van der Waals surface area contributed by atoms with Crippen LogP contribution in [0.3, 0.4) is 0 Å². The van der Waals surface area contributed by atoms with Gasteiger partial charge in [0, 0.05) is 32.9 Å². The maximum atomic E-state index is 4.29. The molecule has 0 aliphatic carbocycles. The first-order valence-corrected chi connectivity index (χ1v) is 9.18. The van der Waals surface area contributed by atoms with E-state index in [1.807, 2.05) is 17.9 Å². The van der Waals surface area contributed by atoms with Gasteiger partial charge in [-0.05, 0) is 55.9 Å². The van der Waals surface area contributed by atoms with Crippen LogP contribution in [0.15, 0.2) is 42.6 Å². The molecule has 4 heteroatoms. The molecule has 1 aromatic carbocycles. The molecule has 3 heterocycles. The normalized spacial score (nSPS) is 21.5. The lowest BCUT2D eigenvalue weighted by atomic mass is 9.78. The maximum Gasteiger partial charge on any atom is 0.0521 e. The van der Waals surface area contributed by atoms with Crippen molar-refractivity contribution in [3.8, 4) is 0 Å². The SMILES string of the molecule is Cn1nccc1CN1CCC2(CC1)CCN(Cc1ccccc1)C2. The van der Waals surface area contributed by atoms with E-state index in [1.54, 1.807) is 0 Å². The zero-order chi connectivity index (χ0) is 16.4. The Kier molecular flexibility index (Phi) is 4.42. The number of benzene rings is 1. The third-order valence-electron chi connectivity index (χ3n) is 5.99. The van der Waals surface area contributed by atoms with Crippen LogP contribution in [-0.2, 0) is 20.1 Å². The van der Waals surface area contributed by atoms with Gasteiger partial charge in [0.2, 0.25) is 0 Å². The topological polar surface area (TPSA) is 24.3 Å². The Morgan fingerprint density at radius 3 is 2.29 bits per heavy atom. The molecule has 0 atom stereocenters. The molecule has 2 saturated heterocycles. The van der Waals surface area contributed by atoms with Crippen LogP contribution in [0.25, 0.3) is 0 Å². The predicted octanol–water partition coefficient (Wildman–Crippen LogP) is 2.91. The van der Waals surface area contributed by atoms with Gasteiger partial charge in [-0.2, -0.15) is 5.10 Å². The van der Waals surface area contributed by atoms with Gasteiger partial charge in [0.25, 0.3) is 0 Å². The summed E-state index contributed by atoms with van der Waals surface area (Å²) in [6, 6.07) is 13.0. The van der Waals surface area contributed by atoms with Crippen molar-refractivity contribution in [3.05, 3.63) is 53.9 Å². The van der Waals surface area contributed by atoms with Crippen LogP contribution in [0.4, 0.5) is 0 Å². The fourth-order valence-electron chi connectivity index (χ4n) is 4.38. The second-order valence-electron chi connectivity index (χ2n) is 7.67. The second kappa shape index (κ2) is 6.69. The van der Waals surface area contributed by atoms with Crippen molar-refractivity contribution in [2.24, 2.45) is 12.5 Å². The first-order chi connectivity index (χ1) is 11.7. The van der Waals surface area contributed by atoms with Crippen LogP contribution < -0.4 is 0 Å². The van der Waals surface area contributed by atoms with Gasteiger partial charge in [-0.3, -0.25) is 14.5 Å². The molecule has 2 aromatic rings. The predicted molar refractivity (Wildman–Crippen MR) is 96.5 cm³/mol. The Hall–Kier alpha value is -1.65. The van der Waals surface area contributed by atoms with Crippen molar-refractivity contribution >= 4 is 0 Å². The summed E-state index contributed by atoms with van der Waals surface area (Å²) in [5.74, 6) is 0. The van der Waals surface area contributed by atoms with E-state index in [1.165, 1.54) is 56.7 Å². The molecule has 1 spiro atoms. The molecule has 0 N–H and O–H groups in total. The molecule has 128 valence electrons. The van der Waals surface area contributed by atoms with E-state index in [0.29, 0.717) is 5.41 Å². The molecule has 0 unspecified atom stereocenters. The van der Waals surface area contributed by atoms with Crippen LogP contribution in [0.2, 0.25) is 0 Å². The van der Waals surface area contributed by atoms with E-state index >= 15 is 0 Å². The minimum absolute atomic E-state index is 0.567. The number of rotatable bonds is 4. The Bertz CT molecular complexity index is 655. The minimum atomic E-state index is 0.567. The van der Waals surface area contributed by atoms with Crippen molar-refractivity contribution in [1.82, 2.24) is 19.6 Å². The summed E-state index contributed by atoms with van der Waals surface area (Å²) < 4.78 is 2.00. The van der Waals surface area contributed by atoms with E-state index in [0.717, 1.165) is 13.1 Å². The zero-order valence-electron chi connectivity index (χ0n) is 14.7. The molecule has 0 radical (unpaired) electrons. The van der Waals surface area contributed by atoms with Crippen molar-refractivity contribution in [2.45, 2.75) is 32.4 Å². The average Bonchev–Trinajstić information content (AvgIpc) is 3.18. The second-order valence-corrected chi connectivity index (χ2v) is 7.67. The summed E-state index contributed by atoms with van der Waals surface area (Å²) in [6.45, 7) is 7.15. The van der Waals surface area contributed by atoms with Crippen LogP contribution in [0, 0.1) is 5.41 Å². The summed E-state index contributed by atoms with van der Waals surface area (Å²) in [5.41, 5.74) is 3.34. The quantitative estimate of drug-likeness (QED) is 0.864. The van der Waals surface area contributed by atoms with Gasteiger partial charge in [0.05, 0.1) is 5.69 Å². The molecule has 2 aliphatic rings. The number of hydrogen-bond donors (Lipinski definition) is 0. The minimum Gasteiger partial charge on any atom is -0.299 e. The molecule has 2 fully saturated rings. The van der Waals surface area contributed by atoms with Gasteiger partial charge in [-0.15, -0.1) is 0 Å². The summed E-state index contributed by atoms with van der Waals surface area (Å²) in [5, 5.41) is 4.29. The monoisotopic (exact) mass is 324 g/mol. The molecule has 0 amide bonds. The number of piperidine rings is 1. The molecule has 4 rings (SSSR count). The fourth-order valence-corrected chi connectivity index (χ4v) is 4.38. The van der Waals surface area contributed by atoms with Gasteiger partial charge in [-0.25, -0.2) is 0 Å². The average molecular weight is 324 g/mol. The molecular weight excluding hydrogens is 296 g/mol. The molecular formula is C20H28N4. The van der Waals surface area contributed by atoms with Gasteiger partial charge in [0.15, 0.2) is 0 Å². The van der Waals surface area contributed by atoms with E-state index in [9.17, 15) is 0 Å². The smallest absolute Gasteiger partial charge is 0.0521 e. The zero-order valence-corrected chi connectivity index (χ0v) is 14.7. The van der Waals surface area contributed by atoms with E-state index in [-0.39, 0.29) is 0 Å². The van der Waals surface area contributed by atoms with Gasteiger partial charge in [0.1, 0.15) is 0 Å². The van der Waals surface area contributed by atoms with Crippen LogP contribution in [-0.4, -0.2) is 45.8 Å². The van der Waals surface area contributed by atoms with E-state index < -0.39 is 0 Å². The lowest BCUT2D eigenvalue weighted by molar-refractivity contribution is 0.100. The Balaban J connectivity index is 1.30. The summed E-state index contributed by atoms with van der Waals surface area (Å²) in [7, 11) is 2.04. The van der Waals surface area contributed by atoms with Gasteiger partial charge in [-0.1, -0.05) is 30.3 Å². The first kappa shape index (κ1) is 15.9. The van der Waals surface area contributed by atoms with Gasteiger partial charge < -0.3 is 0 Å². The lowest BCUT2D eigenvalue weighted by Gasteiger charge is -2.39. The molecule has 4 nitrogen and oxygen atoms in total. The molecule has 0 saturated carbocycles. The number of hydrogen-bond acceptors (Lipinski definition) is 3. The Morgan fingerprint density at radius 2 is 1.62 bits per heavy atom. The molecule has 1 aromatic heterocycles. The van der Waals surface area contributed by atoms with E-state index in [4.69, 9.17) is 0 Å². The Labute approximate surface area is 145 Å². The Morgan fingerprint density at radius 1 is 0.917 bits per heavy atom. The summed E-state index contributed by atoms with van der Waals surface area (Å²) in [6.07, 6.45) is 5.96. The van der Waals surface area contributed by atoms with Gasteiger partial charge >= 0.3 is 0 Å². The highest BCUT2D eigenvalue weighted by Gasteiger charge is 2.40. The van der Waals surface area contributed by atoms with Crippen molar-refractivity contribution in [2.75, 3.05) is 26.2 Å². The number of aromatic nitrogens is 2. The molecule has 2 aliphatic heterocycles. The van der Waals surface area contributed by atoms with Crippen molar-refractivity contribution < 1.29 is 0 Å². The van der Waals surface area contributed by atoms with Crippen molar-refractivity contribution in [1.29, 1.82) is 0 Å². The third kappa shape index (κ3) is 3.40. The van der Waals surface area contributed by atoms with Crippen LogP contribution in [0.5, 0.6) is 0 Å². The highest BCUT2D eigenvalue weighted by atomic mass is 15.3. The molecule has 0 bridgehead atoms. The number of aryl methyl sites for hydroxylation is 1.